The molecule has 3 nitrogen and oxygen atoms in total. The lowest BCUT2D eigenvalue weighted by molar-refractivity contribution is -0.138. The lowest BCUT2D eigenvalue weighted by Crippen LogP contribution is -2.15. The molecule has 0 bridgehead atoms. The number of aryl methyl sites for hydroxylation is 1. The highest BCUT2D eigenvalue weighted by molar-refractivity contribution is 9.10. The Morgan fingerprint density at radius 1 is 1.43 bits per heavy atom. The second-order valence-electron chi connectivity index (χ2n) is 4.28. The van der Waals surface area contributed by atoms with E-state index in [1.165, 1.54) is 23.5 Å². The second kappa shape index (κ2) is 6.15. The molecule has 0 fully saturated rings. The fourth-order valence-electron chi connectivity index (χ4n) is 1.68. The number of amides is 1. The van der Waals surface area contributed by atoms with Crippen LogP contribution < -0.4 is 5.32 Å². The number of carbonyl (C=O) groups excluding carboxylic acids is 1. The summed E-state index contributed by atoms with van der Waals surface area (Å²) in [6.45, 7) is 1.82. The molecule has 0 unspecified atom stereocenters. The minimum atomic E-state index is -4.48. The van der Waals surface area contributed by atoms with Gasteiger partial charge in [-0.15, -0.1) is 11.3 Å². The standard InChI is InChI=1S/C13H10BrF3N2OS/c1-7-18-9(6-21-7)5-12(20)19-8-2-3-11(14)10(4-8)13(15,16)17/h2-4,6H,5H2,1H3,(H,19,20). The van der Waals surface area contributed by atoms with Crippen LogP contribution in [0.4, 0.5) is 18.9 Å². The lowest BCUT2D eigenvalue weighted by atomic mass is 10.2. The Kier molecular flexibility index (Phi) is 4.67. The van der Waals surface area contributed by atoms with Crippen LogP contribution in [0.25, 0.3) is 0 Å². The highest BCUT2D eigenvalue weighted by atomic mass is 79.9. The van der Waals surface area contributed by atoms with Crippen LogP contribution in [0, 0.1) is 6.92 Å². The maximum atomic E-state index is 12.8. The summed E-state index contributed by atoms with van der Waals surface area (Å²) >= 11 is 4.26. The van der Waals surface area contributed by atoms with E-state index in [4.69, 9.17) is 0 Å². The first-order valence-electron chi connectivity index (χ1n) is 5.83. The summed E-state index contributed by atoms with van der Waals surface area (Å²) in [6, 6.07) is 3.56. The summed E-state index contributed by atoms with van der Waals surface area (Å²) in [6.07, 6.45) is -4.45. The van der Waals surface area contributed by atoms with Gasteiger partial charge in [-0.25, -0.2) is 4.98 Å². The van der Waals surface area contributed by atoms with Gasteiger partial charge in [0.2, 0.25) is 5.91 Å². The van der Waals surface area contributed by atoms with Gasteiger partial charge in [0, 0.05) is 15.5 Å². The van der Waals surface area contributed by atoms with Crippen molar-refractivity contribution in [2.75, 3.05) is 5.32 Å². The Morgan fingerprint density at radius 2 is 2.14 bits per heavy atom. The summed E-state index contributed by atoms with van der Waals surface area (Å²) in [5, 5.41) is 5.03. The third-order valence-electron chi connectivity index (χ3n) is 2.56. The summed E-state index contributed by atoms with van der Waals surface area (Å²) < 4.78 is 38.2. The zero-order chi connectivity index (χ0) is 15.6. The third kappa shape index (κ3) is 4.28. The number of hydrogen-bond acceptors (Lipinski definition) is 3. The molecule has 1 N–H and O–H groups in total. The largest absolute Gasteiger partial charge is 0.417 e. The van der Waals surface area contributed by atoms with Gasteiger partial charge in [-0.2, -0.15) is 13.2 Å². The second-order valence-corrected chi connectivity index (χ2v) is 6.19. The van der Waals surface area contributed by atoms with Gasteiger partial charge in [0.1, 0.15) is 0 Å². The van der Waals surface area contributed by atoms with Crippen LogP contribution in [-0.2, 0) is 17.4 Å². The van der Waals surface area contributed by atoms with E-state index in [9.17, 15) is 18.0 Å². The number of alkyl halides is 3. The van der Waals surface area contributed by atoms with Crippen LogP contribution in [0.15, 0.2) is 28.1 Å². The Hall–Kier alpha value is -1.41. The number of benzene rings is 1. The molecule has 0 aliphatic heterocycles. The summed E-state index contributed by atoms with van der Waals surface area (Å²) in [5.41, 5.74) is -0.129. The quantitative estimate of drug-likeness (QED) is 0.858. The fraction of sp³-hybridized carbons (Fsp3) is 0.231. The van der Waals surface area contributed by atoms with Crippen LogP contribution in [0.1, 0.15) is 16.3 Å². The minimum Gasteiger partial charge on any atom is -0.326 e. The van der Waals surface area contributed by atoms with Crippen LogP contribution in [0.3, 0.4) is 0 Å². The van der Waals surface area contributed by atoms with Crippen LogP contribution >= 0.6 is 27.3 Å². The number of nitrogens with one attached hydrogen (secondary N) is 1. The highest BCUT2D eigenvalue weighted by Gasteiger charge is 2.33. The van der Waals surface area contributed by atoms with Crippen molar-refractivity contribution < 1.29 is 18.0 Å². The van der Waals surface area contributed by atoms with Gasteiger partial charge in [-0.1, -0.05) is 15.9 Å². The molecule has 0 aliphatic rings. The molecule has 0 aliphatic carbocycles. The molecule has 0 saturated heterocycles. The van der Waals surface area contributed by atoms with E-state index in [1.54, 1.807) is 5.38 Å². The molecule has 1 heterocycles. The molecule has 2 aromatic rings. The number of nitrogens with zero attached hydrogens (tertiary/aromatic N) is 1. The smallest absolute Gasteiger partial charge is 0.326 e. The molecule has 0 atom stereocenters. The van der Waals surface area contributed by atoms with Crippen LogP contribution in [0.5, 0.6) is 0 Å². The molecule has 0 spiro atoms. The minimum absolute atomic E-state index is 0.0295. The van der Waals surface area contributed by atoms with E-state index in [1.807, 2.05) is 6.92 Å². The van der Waals surface area contributed by atoms with Crippen LogP contribution in [-0.4, -0.2) is 10.9 Å². The van der Waals surface area contributed by atoms with Crippen molar-refractivity contribution in [2.45, 2.75) is 19.5 Å². The Balaban J connectivity index is 2.11. The van der Waals surface area contributed by atoms with Gasteiger partial charge >= 0.3 is 6.18 Å². The van der Waals surface area contributed by atoms with E-state index < -0.39 is 17.6 Å². The molecule has 8 heteroatoms. The number of aromatic nitrogens is 1. The highest BCUT2D eigenvalue weighted by Crippen LogP contribution is 2.36. The number of anilines is 1. The normalized spacial score (nSPS) is 11.5. The molecular weight excluding hydrogens is 369 g/mol. The van der Waals surface area contributed by atoms with Gasteiger partial charge in [0.05, 0.1) is 22.7 Å². The predicted molar refractivity (Wildman–Crippen MR) is 78.3 cm³/mol. The zero-order valence-electron chi connectivity index (χ0n) is 10.8. The van der Waals surface area contributed by atoms with E-state index >= 15 is 0 Å². The fourth-order valence-corrected chi connectivity index (χ4v) is 2.76. The number of halogens is 4. The van der Waals surface area contributed by atoms with Gasteiger partial charge in [0.15, 0.2) is 0 Å². The van der Waals surface area contributed by atoms with Crippen molar-refractivity contribution >= 4 is 38.9 Å². The predicted octanol–water partition coefficient (Wildman–Crippen LogP) is 4.41. The van der Waals surface area contributed by atoms with Crippen molar-refractivity contribution in [1.82, 2.24) is 4.98 Å². The first-order valence-corrected chi connectivity index (χ1v) is 7.50. The Bertz CT molecular complexity index is 670. The average molecular weight is 379 g/mol. The van der Waals surface area contributed by atoms with Gasteiger partial charge in [-0.05, 0) is 25.1 Å². The molecule has 1 aromatic carbocycles. The number of carbonyl (C=O) groups is 1. The first-order chi connectivity index (χ1) is 9.75. The van der Waals surface area contributed by atoms with Crippen molar-refractivity contribution in [1.29, 1.82) is 0 Å². The lowest BCUT2D eigenvalue weighted by Gasteiger charge is -2.11. The van der Waals surface area contributed by atoms with Gasteiger partial charge in [0.25, 0.3) is 0 Å². The van der Waals surface area contributed by atoms with Crippen molar-refractivity contribution in [3.8, 4) is 0 Å². The van der Waals surface area contributed by atoms with Crippen molar-refractivity contribution in [2.24, 2.45) is 0 Å². The molecule has 21 heavy (non-hydrogen) atoms. The zero-order valence-corrected chi connectivity index (χ0v) is 13.2. The summed E-state index contributed by atoms with van der Waals surface area (Å²) in [4.78, 5) is 15.9. The number of thiazole rings is 1. The SMILES string of the molecule is Cc1nc(CC(=O)Nc2ccc(Br)c(C(F)(F)F)c2)cs1. The van der Waals surface area contributed by atoms with E-state index in [0.29, 0.717) is 5.69 Å². The molecule has 1 aromatic heterocycles. The van der Waals surface area contributed by atoms with Gasteiger partial charge < -0.3 is 5.32 Å². The van der Waals surface area contributed by atoms with E-state index in [2.05, 4.69) is 26.2 Å². The maximum Gasteiger partial charge on any atom is 0.417 e. The molecule has 2 rings (SSSR count). The molecule has 112 valence electrons. The summed E-state index contributed by atoms with van der Waals surface area (Å²) in [7, 11) is 0. The molecule has 1 amide bonds. The van der Waals surface area contributed by atoms with E-state index in [0.717, 1.165) is 11.1 Å². The van der Waals surface area contributed by atoms with Crippen molar-refractivity contribution in [3.05, 3.63) is 44.3 Å². The number of rotatable bonds is 3. The first kappa shape index (κ1) is 16.0. The molecule has 0 saturated carbocycles. The van der Waals surface area contributed by atoms with Gasteiger partial charge in [-0.3, -0.25) is 4.79 Å². The monoisotopic (exact) mass is 378 g/mol. The summed E-state index contributed by atoms with van der Waals surface area (Å²) in [5.74, 6) is -0.407. The van der Waals surface area contributed by atoms with Crippen LogP contribution in [0.2, 0.25) is 0 Å². The van der Waals surface area contributed by atoms with Crippen molar-refractivity contribution in [3.63, 3.8) is 0 Å². The average Bonchev–Trinajstić information content (AvgIpc) is 2.75. The van der Waals surface area contributed by atoms with E-state index in [-0.39, 0.29) is 16.6 Å². The Labute approximate surface area is 131 Å². The molecular formula is C13H10BrF3N2OS. The Morgan fingerprint density at radius 3 is 2.71 bits per heavy atom. The maximum absolute atomic E-state index is 12.8. The number of hydrogen-bond donors (Lipinski definition) is 1. The topological polar surface area (TPSA) is 42.0 Å². The molecule has 0 radical (unpaired) electrons. The third-order valence-corrected chi connectivity index (χ3v) is 4.08.